The maximum Gasteiger partial charge on any atom is 0.320 e. The summed E-state index contributed by atoms with van der Waals surface area (Å²) >= 11 is 0. The number of hydrogen-bond donors (Lipinski definition) is 3. The van der Waals surface area contributed by atoms with Crippen LogP contribution in [0.1, 0.15) is 56.4 Å². The molecule has 0 aliphatic carbocycles. The minimum atomic E-state index is -0.829. The van der Waals surface area contributed by atoms with Gasteiger partial charge in [0.1, 0.15) is 6.04 Å². The molecule has 2 rings (SSSR count). The molecule has 1 unspecified atom stereocenters. The predicted octanol–water partition coefficient (Wildman–Crippen LogP) is 4.36. The molecule has 1 aromatic carbocycles. The van der Waals surface area contributed by atoms with Gasteiger partial charge in [-0.2, -0.15) is 0 Å². The number of nitrogens with one attached hydrogen (secondary N) is 2. The van der Waals surface area contributed by atoms with E-state index in [0.717, 1.165) is 28.1 Å². The molecule has 0 saturated heterocycles. The maximum absolute atomic E-state index is 11.7. The number of carboxylic acid groups (broad SMARTS) is 1. The van der Waals surface area contributed by atoms with Crippen molar-refractivity contribution in [3.63, 3.8) is 0 Å². The van der Waals surface area contributed by atoms with E-state index < -0.39 is 12.0 Å². The van der Waals surface area contributed by atoms with Gasteiger partial charge < -0.3 is 15.4 Å². The van der Waals surface area contributed by atoms with Gasteiger partial charge in [-0.1, -0.05) is 39.8 Å². The van der Waals surface area contributed by atoms with E-state index in [4.69, 9.17) is 4.99 Å². The summed E-state index contributed by atoms with van der Waals surface area (Å²) in [5.74, 6) is -0.366. The number of aliphatic carboxylic acids is 1. The zero-order valence-electron chi connectivity index (χ0n) is 18.7. The lowest BCUT2D eigenvalue weighted by Crippen LogP contribution is -2.37. The fourth-order valence-corrected chi connectivity index (χ4v) is 3.27. The Labute approximate surface area is 178 Å². The third-order valence-electron chi connectivity index (χ3n) is 5.00. The molecule has 6 nitrogen and oxygen atoms in total. The lowest BCUT2D eigenvalue weighted by atomic mass is 9.99. The molecule has 1 heterocycles. The number of nitrogens with zero attached hydrogens (tertiary/aromatic N) is 1. The van der Waals surface area contributed by atoms with E-state index in [1.807, 2.05) is 45.0 Å². The first kappa shape index (κ1) is 23.5. The van der Waals surface area contributed by atoms with Crippen LogP contribution in [-0.2, 0) is 11.3 Å². The van der Waals surface area contributed by atoms with Crippen molar-refractivity contribution in [2.45, 2.75) is 60.5 Å². The van der Waals surface area contributed by atoms with Crippen molar-refractivity contribution in [1.29, 1.82) is 0 Å². The van der Waals surface area contributed by atoms with Crippen LogP contribution in [0.25, 0.3) is 0 Å². The van der Waals surface area contributed by atoms with E-state index in [1.165, 1.54) is 0 Å². The first-order valence-corrected chi connectivity index (χ1v) is 10.4. The van der Waals surface area contributed by atoms with Crippen molar-refractivity contribution < 1.29 is 9.90 Å². The topological polar surface area (TPSA) is 94.5 Å². The van der Waals surface area contributed by atoms with Crippen molar-refractivity contribution in [3.05, 3.63) is 63.1 Å². The van der Waals surface area contributed by atoms with Gasteiger partial charge in [0, 0.05) is 23.9 Å². The Balaban J connectivity index is 2.33. The summed E-state index contributed by atoms with van der Waals surface area (Å²) in [6.45, 7) is 12.4. The van der Waals surface area contributed by atoms with Gasteiger partial charge in [0.2, 0.25) is 0 Å². The van der Waals surface area contributed by atoms with E-state index in [1.54, 1.807) is 13.1 Å². The zero-order chi connectivity index (χ0) is 22.4. The maximum atomic E-state index is 11.7. The van der Waals surface area contributed by atoms with Crippen LogP contribution in [0.4, 0.5) is 5.69 Å². The number of pyridine rings is 1. The Hall–Kier alpha value is -2.73. The summed E-state index contributed by atoms with van der Waals surface area (Å²) in [6, 6.07) is 7.28. The van der Waals surface area contributed by atoms with Crippen molar-refractivity contribution >= 4 is 17.4 Å². The molecular formula is C24H33N3O3. The monoisotopic (exact) mass is 411 g/mol. The van der Waals surface area contributed by atoms with Gasteiger partial charge in [0.05, 0.1) is 11.4 Å². The number of carboxylic acids is 1. The van der Waals surface area contributed by atoms with E-state index in [0.29, 0.717) is 24.4 Å². The van der Waals surface area contributed by atoms with Crippen LogP contribution in [0, 0.1) is 25.7 Å². The highest BCUT2D eigenvalue weighted by atomic mass is 16.4. The molecule has 3 N–H and O–H groups in total. The normalized spacial score (nSPS) is 13.1. The zero-order valence-corrected chi connectivity index (χ0v) is 18.7. The molecule has 0 aliphatic heterocycles. The summed E-state index contributed by atoms with van der Waals surface area (Å²) in [6.07, 6.45) is 2.29. The Morgan fingerprint density at radius 1 is 1.13 bits per heavy atom. The van der Waals surface area contributed by atoms with Gasteiger partial charge in [-0.05, 0) is 55.4 Å². The molecule has 30 heavy (non-hydrogen) atoms. The number of aromatic amines is 1. The minimum Gasteiger partial charge on any atom is -0.480 e. The fraction of sp³-hybridized carbons (Fsp3) is 0.458. The lowest BCUT2D eigenvalue weighted by molar-refractivity contribution is -0.140. The fourth-order valence-electron chi connectivity index (χ4n) is 3.27. The van der Waals surface area contributed by atoms with Crippen LogP contribution in [0.15, 0.2) is 40.2 Å². The molecule has 0 fully saturated rings. The van der Waals surface area contributed by atoms with Crippen LogP contribution in [0.2, 0.25) is 0 Å². The van der Waals surface area contributed by atoms with Crippen molar-refractivity contribution in [2.24, 2.45) is 16.8 Å². The molecule has 0 radical (unpaired) electrons. The number of benzene rings is 1. The molecule has 0 aliphatic rings. The van der Waals surface area contributed by atoms with E-state index >= 15 is 0 Å². The average Bonchev–Trinajstić information content (AvgIpc) is 2.66. The Morgan fingerprint density at radius 2 is 1.83 bits per heavy atom. The Morgan fingerprint density at radius 3 is 2.40 bits per heavy atom. The van der Waals surface area contributed by atoms with Crippen LogP contribution in [-0.4, -0.2) is 27.8 Å². The summed E-state index contributed by atoms with van der Waals surface area (Å²) in [5.41, 5.74) is 5.21. The predicted molar refractivity (Wildman–Crippen MR) is 122 cm³/mol. The van der Waals surface area contributed by atoms with Gasteiger partial charge in [-0.25, -0.2) is 0 Å². The van der Waals surface area contributed by atoms with Crippen molar-refractivity contribution in [3.8, 4) is 0 Å². The average molecular weight is 412 g/mol. The second-order valence-electron chi connectivity index (χ2n) is 8.57. The number of hydrogen-bond acceptors (Lipinski definition) is 4. The third-order valence-corrected chi connectivity index (χ3v) is 5.00. The molecule has 162 valence electrons. The highest BCUT2D eigenvalue weighted by Gasteiger charge is 2.18. The number of aromatic nitrogens is 1. The molecule has 0 bridgehead atoms. The molecule has 1 atom stereocenters. The molecule has 0 saturated carbocycles. The highest BCUT2D eigenvalue weighted by molar-refractivity contribution is 6.03. The summed E-state index contributed by atoms with van der Waals surface area (Å²) in [5, 5.41) is 12.6. The summed E-state index contributed by atoms with van der Waals surface area (Å²) in [4.78, 5) is 30.9. The van der Waals surface area contributed by atoms with Crippen LogP contribution in [0.5, 0.6) is 0 Å². The smallest absolute Gasteiger partial charge is 0.320 e. The third kappa shape index (κ3) is 6.39. The summed E-state index contributed by atoms with van der Waals surface area (Å²) in [7, 11) is 0. The van der Waals surface area contributed by atoms with Gasteiger partial charge in [0.25, 0.3) is 5.56 Å². The number of aryl methyl sites for hydroxylation is 2. The van der Waals surface area contributed by atoms with E-state index in [9.17, 15) is 14.7 Å². The Bertz CT molecular complexity index is 974. The van der Waals surface area contributed by atoms with E-state index in [2.05, 4.69) is 24.1 Å². The molecule has 1 aromatic heterocycles. The molecule has 2 aromatic rings. The second-order valence-corrected chi connectivity index (χ2v) is 8.57. The standard InChI is InChI=1S/C24H33N3O3/c1-14(2)9-21(24(29)30)25-12-18-8-7-16(5)20(11-18)27-22(15(3)4)19-10-17(6)23(28)26-13-19/h7-8,10-11,13-15,21,25H,9,12H2,1-6H3,(H,26,28)(H,29,30)/b27-22+. The van der Waals surface area contributed by atoms with E-state index in [-0.39, 0.29) is 11.5 Å². The number of H-pyrrole nitrogens is 1. The number of carbonyl (C=O) groups is 1. The van der Waals surface area contributed by atoms with Crippen LogP contribution >= 0.6 is 0 Å². The quantitative estimate of drug-likeness (QED) is 0.535. The van der Waals surface area contributed by atoms with Gasteiger partial charge in [-0.3, -0.25) is 14.6 Å². The SMILES string of the molecule is Cc1ccc(CNC(CC(C)C)C(=O)O)cc1/N=C(/c1c[nH]c(=O)c(C)c1)C(C)C. The molecule has 0 amide bonds. The highest BCUT2D eigenvalue weighted by Crippen LogP contribution is 2.24. The first-order chi connectivity index (χ1) is 14.1. The molecular weight excluding hydrogens is 378 g/mol. The number of aliphatic imine (C=N–C) groups is 1. The van der Waals surface area contributed by atoms with Gasteiger partial charge in [-0.15, -0.1) is 0 Å². The minimum absolute atomic E-state index is 0.0968. The largest absolute Gasteiger partial charge is 0.480 e. The molecule has 0 spiro atoms. The molecule has 6 heteroatoms. The lowest BCUT2D eigenvalue weighted by Gasteiger charge is -2.17. The van der Waals surface area contributed by atoms with Crippen LogP contribution < -0.4 is 10.9 Å². The van der Waals surface area contributed by atoms with Crippen LogP contribution in [0.3, 0.4) is 0 Å². The van der Waals surface area contributed by atoms with Crippen molar-refractivity contribution in [2.75, 3.05) is 0 Å². The number of rotatable bonds is 9. The van der Waals surface area contributed by atoms with Crippen molar-refractivity contribution in [1.82, 2.24) is 10.3 Å². The second kappa shape index (κ2) is 10.3. The Kier molecular flexibility index (Phi) is 8.12. The first-order valence-electron chi connectivity index (χ1n) is 10.4. The van der Waals surface area contributed by atoms with Gasteiger partial charge in [0.15, 0.2) is 0 Å². The van der Waals surface area contributed by atoms with Gasteiger partial charge >= 0.3 is 5.97 Å². The summed E-state index contributed by atoms with van der Waals surface area (Å²) < 4.78 is 0.